The highest BCUT2D eigenvalue weighted by Crippen LogP contribution is 2.22. The summed E-state index contributed by atoms with van der Waals surface area (Å²) in [4.78, 5) is 15.8. The summed E-state index contributed by atoms with van der Waals surface area (Å²) < 4.78 is 0. The molecular formula is C13H17ClN2O. The Bertz CT molecular complexity index is 389. The van der Waals surface area contributed by atoms with E-state index in [1.165, 1.54) is 32.1 Å². The van der Waals surface area contributed by atoms with Crippen molar-refractivity contribution in [3.63, 3.8) is 0 Å². The van der Waals surface area contributed by atoms with Crippen molar-refractivity contribution in [3.05, 3.63) is 29.0 Å². The van der Waals surface area contributed by atoms with Crippen LogP contribution in [0.5, 0.6) is 0 Å². The number of aromatic nitrogens is 1. The van der Waals surface area contributed by atoms with Gasteiger partial charge in [0.05, 0.1) is 0 Å². The summed E-state index contributed by atoms with van der Waals surface area (Å²) >= 11 is 5.82. The van der Waals surface area contributed by atoms with Crippen LogP contribution < -0.4 is 5.32 Å². The number of nitrogens with one attached hydrogen (secondary N) is 1. The van der Waals surface area contributed by atoms with E-state index in [9.17, 15) is 4.79 Å². The van der Waals surface area contributed by atoms with Crippen molar-refractivity contribution < 1.29 is 4.79 Å². The summed E-state index contributed by atoms with van der Waals surface area (Å²) in [6.45, 7) is 0.757. The predicted octanol–water partition coefficient (Wildman–Crippen LogP) is 3.05. The second-order valence-electron chi connectivity index (χ2n) is 4.57. The fourth-order valence-electron chi connectivity index (χ4n) is 2.25. The van der Waals surface area contributed by atoms with Crippen LogP contribution in [0, 0.1) is 5.92 Å². The number of halogens is 1. The summed E-state index contributed by atoms with van der Waals surface area (Å²) in [5.74, 6) is 0.505. The van der Waals surface area contributed by atoms with E-state index < -0.39 is 0 Å². The molecule has 0 radical (unpaired) electrons. The van der Waals surface area contributed by atoms with Crippen LogP contribution in [0.2, 0.25) is 5.02 Å². The fraction of sp³-hybridized carbons (Fsp3) is 0.538. The number of rotatable bonds is 3. The number of nitrogens with zero attached hydrogens (tertiary/aromatic N) is 1. The van der Waals surface area contributed by atoms with E-state index in [0.717, 1.165) is 6.54 Å². The Morgan fingerprint density at radius 3 is 2.88 bits per heavy atom. The van der Waals surface area contributed by atoms with Gasteiger partial charge in [-0.15, -0.1) is 0 Å². The van der Waals surface area contributed by atoms with Crippen LogP contribution in [-0.2, 0) is 0 Å². The van der Waals surface area contributed by atoms with Crippen molar-refractivity contribution in [2.45, 2.75) is 32.1 Å². The highest BCUT2D eigenvalue weighted by Gasteiger charge is 2.15. The van der Waals surface area contributed by atoms with Crippen molar-refractivity contribution in [1.82, 2.24) is 10.3 Å². The van der Waals surface area contributed by atoms with E-state index in [-0.39, 0.29) is 5.91 Å². The number of hydrogen-bond donors (Lipinski definition) is 1. The van der Waals surface area contributed by atoms with Gasteiger partial charge in [0.25, 0.3) is 5.91 Å². The molecule has 4 heteroatoms. The summed E-state index contributed by atoms with van der Waals surface area (Å²) in [7, 11) is 0. The van der Waals surface area contributed by atoms with Crippen LogP contribution in [0.25, 0.3) is 0 Å². The van der Waals surface area contributed by atoms with Gasteiger partial charge in [0.1, 0.15) is 5.69 Å². The molecule has 3 nitrogen and oxygen atoms in total. The number of pyridine rings is 1. The maximum Gasteiger partial charge on any atom is 0.269 e. The largest absolute Gasteiger partial charge is 0.350 e. The van der Waals surface area contributed by atoms with Gasteiger partial charge >= 0.3 is 0 Å². The highest BCUT2D eigenvalue weighted by molar-refractivity contribution is 6.30. The second-order valence-corrected chi connectivity index (χ2v) is 5.01. The molecule has 1 N–H and O–H groups in total. The van der Waals surface area contributed by atoms with Gasteiger partial charge in [0, 0.05) is 17.8 Å². The molecule has 0 aromatic carbocycles. The standard InChI is InChI=1S/C13H17ClN2O/c14-11-6-7-15-12(8-11)13(17)16-9-10-4-2-1-3-5-10/h6-8,10H,1-5,9H2,(H,16,17). The molecule has 1 fully saturated rings. The van der Waals surface area contributed by atoms with Crippen molar-refractivity contribution in [1.29, 1.82) is 0 Å². The first-order chi connectivity index (χ1) is 8.25. The molecule has 1 heterocycles. The lowest BCUT2D eigenvalue weighted by molar-refractivity contribution is 0.0938. The number of carbonyl (C=O) groups is 1. The molecule has 0 aliphatic heterocycles. The number of amides is 1. The van der Waals surface area contributed by atoms with Crippen molar-refractivity contribution in [3.8, 4) is 0 Å². The van der Waals surface area contributed by atoms with Gasteiger partial charge in [0.2, 0.25) is 0 Å². The summed E-state index contributed by atoms with van der Waals surface area (Å²) in [5.41, 5.74) is 0.397. The first-order valence-corrected chi connectivity index (χ1v) is 6.53. The second kappa shape index (κ2) is 6.01. The Morgan fingerprint density at radius 1 is 1.41 bits per heavy atom. The molecule has 1 saturated carbocycles. The Balaban J connectivity index is 1.84. The Kier molecular flexibility index (Phi) is 4.37. The highest BCUT2D eigenvalue weighted by atomic mass is 35.5. The zero-order chi connectivity index (χ0) is 12.1. The van der Waals surface area contributed by atoms with Gasteiger partial charge in [-0.1, -0.05) is 30.9 Å². The first kappa shape index (κ1) is 12.4. The van der Waals surface area contributed by atoms with Crippen LogP contribution in [-0.4, -0.2) is 17.4 Å². The van der Waals surface area contributed by atoms with E-state index in [1.54, 1.807) is 18.3 Å². The van der Waals surface area contributed by atoms with Gasteiger partial charge in [-0.05, 0) is 30.9 Å². The Labute approximate surface area is 107 Å². The Hall–Kier alpha value is -1.09. The lowest BCUT2D eigenvalue weighted by Gasteiger charge is -2.21. The van der Waals surface area contributed by atoms with Crippen molar-refractivity contribution >= 4 is 17.5 Å². The minimum Gasteiger partial charge on any atom is -0.350 e. The lowest BCUT2D eigenvalue weighted by atomic mass is 9.89. The SMILES string of the molecule is O=C(NCC1CCCCC1)c1cc(Cl)ccn1. The summed E-state index contributed by atoms with van der Waals surface area (Å²) in [6, 6.07) is 3.26. The Morgan fingerprint density at radius 2 is 2.18 bits per heavy atom. The zero-order valence-corrected chi connectivity index (χ0v) is 10.5. The van der Waals surface area contributed by atoms with E-state index in [1.807, 2.05) is 0 Å². The molecule has 0 atom stereocenters. The summed E-state index contributed by atoms with van der Waals surface area (Å²) in [6.07, 6.45) is 7.91. The normalized spacial score (nSPS) is 16.8. The smallest absolute Gasteiger partial charge is 0.269 e. The van der Waals surface area contributed by atoms with Gasteiger partial charge in [-0.2, -0.15) is 0 Å². The third-order valence-corrected chi connectivity index (χ3v) is 3.47. The molecule has 2 rings (SSSR count). The molecule has 1 aromatic rings. The van der Waals surface area contributed by atoms with E-state index in [4.69, 9.17) is 11.6 Å². The average molecular weight is 253 g/mol. The van der Waals surface area contributed by atoms with E-state index >= 15 is 0 Å². The summed E-state index contributed by atoms with van der Waals surface area (Å²) in [5, 5.41) is 3.48. The van der Waals surface area contributed by atoms with Crippen LogP contribution in [0.3, 0.4) is 0 Å². The molecule has 0 spiro atoms. The van der Waals surface area contributed by atoms with Crippen molar-refractivity contribution in [2.75, 3.05) is 6.54 Å². The number of hydrogen-bond acceptors (Lipinski definition) is 2. The van der Waals surface area contributed by atoms with Crippen LogP contribution >= 0.6 is 11.6 Å². The van der Waals surface area contributed by atoms with Crippen LogP contribution in [0.4, 0.5) is 0 Å². The molecule has 1 amide bonds. The molecule has 17 heavy (non-hydrogen) atoms. The molecule has 0 unspecified atom stereocenters. The van der Waals surface area contributed by atoms with Gasteiger partial charge in [0.15, 0.2) is 0 Å². The third kappa shape index (κ3) is 3.70. The van der Waals surface area contributed by atoms with Crippen LogP contribution in [0.1, 0.15) is 42.6 Å². The number of carbonyl (C=O) groups excluding carboxylic acids is 1. The molecule has 1 aromatic heterocycles. The molecule has 0 bridgehead atoms. The van der Waals surface area contributed by atoms with Gasteiger partial charge in [-0.25, -0.2) is 0 Å². The third-order valence-electron chi connectivity index (χ3n) is 3.23. The maximum atomic E-state index is 11.8. The van der Waals surface area contributed by atoms with Gasteiger partial charge in [-0.3, -0.25) is 9.78 Å². The molecule has 92 valence electrons. The predicted molar refractivity (Wildman–Crippen MR) is 68.2 cm³/mol. The van der Waals surface area contributed by atoms with Crippen molar-refractivity contribution in [2.24, 2.45) is 5.92 Å². The van der Waals surface area contributed by atoms with Gasteiger partial charge < -0.3 is 5.32 Å². The minimum absolute atomic E-state index is 0.127. The molecule has 1 aliphatic rings. The van der Waals surface area contributed by atoms with Crippen LogP contribution in [0.15, 0.2) is 18.3 Å². The molecular weight excluding hydrogens is 236 g/mol. The average Bonchev–Trinajstić information content (AvgIpc) is 2.37. The quantitative estimate of drug-likeness (QED) is 0.899. The molecule has 0 saturated heterocycles. The maximum absolute atomic E-state index is 11.8. The fourth-order valence-corrected chi connectivity index (χ4v) is 2.41. The zero-order valence-electron chi connectivity index (χ0n) is 9.79. The van der Waals surface area contributed by atoms with E-state index in [0.29, 0.717) is 16.6 Å². The monoisotopic (exact) mass is 252 g/mol. The lowest BCUT2D eigenvalue weighted by Crippen LogP contribution is -2.30. The van der Waals surface area contributed by atoms with E-state index in [2.05, 4.69) is 10.3 Å². The topological polar surface area (TPSA) is 42.0 Å². The molecule has 1 aliphatic carbocycles. The minimum atomic E-state index is -0.127. The first-order valence-electron chi connectivity index (χ1n) is 6.15.